The van der Waals surface area contributed by atoms with Gasteiger partial charge >= 0.3 is 0 Å². The summed E-state index contributed by atoms with van der Waals surface area (Å²) in [7, 11) is 1.64. The predicted octanol–water partition coefficient (Wildman–Crippen LogP) is 6.10. The van der Waals surface area contributed by atoms with E-state index in [1.54, 1.807) is 19.2 Å². The van der Waals surface area contributed by atoms with Crippen LogP contribution in [0.5, 0.6) is 17.2 Å². The van der Waals surface area contributed by atoms with Gasteiger partial charge in [-0.15, -0.1) is 0 Å². The van der Waals surface area contributed by atoms with Crippen molar-refractivity contribution in [3.05, 3.63) is 72.8 Å². The Balaban J connectivity index is 1.47. The molecule has 2 N–H and O–H groups in total. The van der Waals surface area contributed by atoms with Crippen LogP contribution < -0.4 is 14.8 Å². The van der Waals surface area contributed by atoms with Gasteiger partial charge in [-0.3, -0.25) is 0 Å². The summed E-state index contributed by atoms with van der Waals surface area (Å²) >= 11 is 0. The molecule has 0 bridgehead atoms. The van der Waals surface area contributed by atoms with Gasteiger partial charge in [-0.2, -0.15) is 0 Å². The van der Waals surface area contributed by atoms with E-state index in [-0.39, 0.29) is 5.75 Å². The van der Waals surface area contributed by atoms with E-state index in [0.717, 1.165) is 46.7 Å². The summed E-state index contributed by atoms with van der Waals surface area (Å²) in [5.74, 6) is 2.36. The summed E-state index contributed by atoms with van der Waals surface area (Å²) < 4.78 is 17.3. The van der Waals surface area contributed by atoms with Crippen LogP contribution in [0.1, 0.15) is 25.7 Å². The third kappa shape index (κ3) is 5.33. The fourth-order valence-corrected chi connectivity index (χ4v) is 4.46. The number of methoxy groups -OCH3 is 1. The van der Waals surface area contributed by atoms with Crippen LogP contribution in [-0.4, -0.2) is 36.6 Å². The van der Waals surface area contributed by atoms with Crippen LogP contribution >= 0.6 is 0 Å². The summed E-state index contributed by atoms with van der Waals surface area (Å²) in [6.07, 6.45) is 4.73. The van der Waals surface area contributed by atoms with E-state index in [1.807, 2.05) is 54.6 Å². The molecule has 1 aliphatic heterocycles. The van der Waals surface area contributed by atoms with E-state index in [1.165, 1.54) is 19.3 Å². The molecule has 1 fully saturated rings. The monoisotopic (exact) mass is 469 g/mol. The lowest BCUT2D eigenvalue weighted by Gasteiger charge is -2.23. The Bertz CT molecular complexity index is 1240. The van der Waals surface area contributed by atoms with E-state index in [9.17, 15) is 5.11 Å². The van der Waals surface area contributed by atoms with Crippen molar-refractivity contribution >= 4 is 0 Å². The number of nitrogens with one attached hydrogen (secondary N) is 1. The standard InChI is InChI=1S/C29H29N2O4/c1-33-25-14-10-20(11-15-25)28-27(29(35-31-28)21-8-12-24(32)13-9-21)22-5-4-7-26(19-22)34-18-16-23-6-2-3-17-30-23/h4,7-15,19,23,30,32H,2-3,6,16-18H2,1H3. The first kappa shape index (κ1) is 23.0. The molecule has 6 nitrogen and oxygen atoms in total. The van der Waals surface area contributed by atoms with Crippen molar-refractivity contribution < 1.29 is 19.1 Å². The molecule has 2 heterocycles. The summed E-state index contributed by atoms with van der Waals surface area (Å²) in [4.78, 5) is 0. The molecule has 1 aromatic heterocycles. The lowest BCUT2D eigenvalue weighted by atomic mass is 9.96. The largest absolute Gasteiger partial charge is 0.508 e. The van der Waals surface area contributed by atoms with Crippen LogP contribution in [0.4, 0.5) is 0 Å². The Morgan fingerprint density at radius 1 is 1.03 bits per heavy atom. The molecule has 3 aromatic carbocycles. The molecule has 0 spiro atoms. The smallest absolute Gasteiger partial charge is 0.175 e. The maximum Gasteiger partial charge on any atom is 0.175 e. The predicted molar refractivity (Wildman–Crippen MR) is 136 cm³/mol. The maximum atomic E-state index is 9.75. The first-order valence-corrected chi connectivity index (χ1v) is 12.0. The molecule has 4 aromatic rings. The van der Waals surface area contributed by atoms with Gasteiger partial charge in [-0.05, 0) is 98.1 Å². The highest BCUT2D eigenvalue weighted by Crippen LogP contribution is 2.41. The first-order chi connectivity index (χ1) is 17.2. The van der Waals surface area contributed by atoms with Crippen LogP contribution in [0.25, 0.3) is 33.7 Å². The number of hydrogen-bond donors (Lipinski definition) is 2. The number of benzene rings is 3. The van der Waals surface area contributed by atoms with Crippen molar-refractivity contribution in [1.82, 2.24) is 10.5 Å². The highest BCUT2D eigenvalue weighted by atomic mass is 16.5. The number of phenolic OH excluding ortho intramolecular Hbond substituents is 1. The minimum absolute atomic E-state index is 0.194. The molecule has 179 valence electrons. The van der Waals surface area contributed by atoms with Gasteiger partial charge < -0.3 is 24.4 Å². The van der Waals surface area contributed by atoms with Gasteiger partial charge in [0.15, 0.2) is 5.76 Å². The number of aromatic hydroxyl groups is 1. The topological polar surface area (TPSA) is 76.8 Å². The summed E-state index contributed by atoms with van der Waals surface area (Å²) in [5.41, 5.74) is 4.06. The van der Waals surface area contributed by atoms with Crippen molar-refractivity contribution in [3.63, 3.8) is 0 Å². The van der Waals surface area contributed by atoms with Crippen molar-refractivity contribution in [1.29, 1.82) is 0 Å². The summed E-state index contributed by atoms with van der Waals surface area (Å²) in [5, 5.41) is 17.7. The maximum absolute atomic E-state index is 9.75. The van der Waals surface area contributed by atoms with Crippen LogP contribution in [0.3, 0.4) is 0 Å². The highest BCUT2D eigenvalue weighted by Gasteiger charge is 2.22. The number of piperidine rings is 1. The molecule has 1 unspecified atom stereocenters. The number of ether oxygens (including phenoxy) is 2. The van der Waals surface area contributed by atoms with Crippen LogP contribution in [-0.2, 0) is 0 Å². The van der Waals surface area contributed by atoms with Gasteiger partial charge in [-0.1, -0.05) is 17.6 Å². The third-order valence-electron chi connectivity index (χ3n) is 6.37. The fourth-order valence-electron chi connectivity index (χ4n) is 4.46. The van der Waals surface area contributed by atoms with Gasteiger partial charge in [0, 0.05) is 17.2 Å². The molecule has 0 saturated carbocycles. The average Bonchev–Trinajstić information content (AvgIpc) is 3.35. The number of aromatic nitrogens is 1. The molecule has 5 rings (SSSR count). The van der Waals surface area contributed by atoms with Gasteiger partial charge in [0.05, 0.1) is 19.3 Å². The molecule has 1 saturated heterocycles. The summed E-state index contributed by atoms with van der Waals surface area (Å²) in [6, 6.07) is 24.3. The van der Waals surface area contributed by atoms with E-state index in [4.69, 9.17) is 14.0 Å². The van der Waals surface area contributed by atoms with Crippen LogP contribution in [0.2, 0.25) is 0 Å². The van der Waals surface area contributed by atoms with E-state index in [2.05, 4.69) is 16.5 Å². The quantitative estimate of drug-likeness (QED) is 0.325. The molecule has 6 heteroatoms. The van der Waals surface area contributed by atoms with E-state index in [0.29, 0.717) is 24.1 Å². The molecule has 0 amide bonds. The van der Waals surface area contributed by atoms with Gasteiger partial charge in [0.1, 0.15) is 22.9 Å². The van der Waals surface area contributed by atoms with Gasteiger partial charge in [0.2, 0.25) is 0 Å². The van der Waals surface area contributed by atoms with E-state index >= 15 is 0 Å². The zero-order valence-electron chi connectivity index (χ0n) is 19.8. The molecule has 1 aliphatic rings. The molecule has 1 radical (unpaired) electrons. The number of phenols is 1. The Morgan fingerprint density at radius 2 is 1.83 bits per heavy atom. The Hall–Kier alpha value is -3.77. The average molecular weight is 470 g/mol. The lowest BCUT2D eigenvalue weighted by molar-refractivity contribution is 0.268. The minimum atomic E-state index is 0.194. The Kier molecular flexibility index (Phi) is 7.00. The number of rotatable bonds is 8. The van der Waals surface area contributed by atoms with Crippen molar-refractivity contribution in [2.24, 2.45) is 0 Å². The molecular weight excluding hydrogens is 440 g/mol. The highest BCUT2D eigenvalue weighted by molar-refractivity contribution is 5.90. The second kappa shape index (κ2) is 10.7. The van der Waals surface area contributed by atoms with Crippen LogP contribution in [0.15, 0.2) is 71.3 Å². The second-order valence-corrected chi connectivity index (χ2v) is 8.73. The normalized spacial score (nSPS) is 15.6. The minimum Gasteiger partial charge on any atom is -0.508 e. The van der Waals surface area contributed by atoms with Crippen molar-refractivity contribution in [2.45, 2.75) is 31.7 Å². The zero-order chi connectivity index (χ0) is 24.0. The zero-order valence-corrected chi connectivity index (χ0v) is 19.8. The third-order valence-corrected chi connectivity index (χ3v) is 6.37. The van der Waals surface area contributed by atoms with Gasteiger partial charge in [-0.25, -0.2) is 0 Å². The molecular formula is C29H29N2O4. The van der Waals surface area contributed by atoms with Gasteiger partial charge in [0.25, 0.3) is 0 Å². The summed E-state index contributed by atoms with van der Waals surface area (Å²) in [6.45, 7) is 1.75. The Morgan fingerprint density at radius 3 is 2.57 bits per heavy atom. The fraction of sp³-hybridized carbons (Fsp3) is 0.276. The molecule has 1 atom stereocenters. The first-order valence-electron chi connectivity index (χ1n) is 12.0. The lowest BCUT2D eigenvalue weighted by Crippen LogP contribution is -2.35. The molecule has 35 heavy (non-hydrogen) atoms. The van der Waals surface area contributed by atoms with E-state index < -0.39 is 0 Å². The second-order valence-electron chi connectivity index (χ2n) is 8.73. The number of hydrogen-bond acceptors (Lipinski definition) is 6. The Labute approximate surface area is 205 Å². The number of nitrogens with zero attached hydrogens (tertiary/aromatic N) is 1. The van der Waals surface area contributed by atoms with Crippen molar-refractivity contribution in [2.75, 3.05) is 20.3 Å². The SMILES string of the molecule is COc1ccc(-c2noc(-c3ccc(O)cc3)c2-c2[c]ccc(OCCC3CCCCN3)c2)cc1. The van der Waals surface area contributed by atoms with Crippen molar-refractivity contribution in [3.8, 4) is 51.0 Å². The van der Waals surface area contributed by atoms with Crippen LogP contribution in [0, 0.1) is 6.07 Å². The molecule has 0 aliphatic carbocycles.